The molecular formula is C7H10F3NO4. The fourth-order valence-electron chi connectivity index (χ4n) is 0.743. The topological polar surface area (TPSA) is 75.6 Å². The average Bonchev–Trinajstić information content (AvgIpc) is 2.08. The first-order valence-electron chi connectivity index (χ1n) is 3.85. The molecule has 88 valence electrons. The SMILES string of the molecule is COC(CC(=O)O)C(=O)NCC(F)(F)F. The summed E-state index contributed by atoms with van der Waals surface area (Å²) in [7, 11) is 1.04. The predicted molar refractivity (Wildman–Crippen MR) is 42.1 cm³/mol. The zero-order valence-electron chi connectivity index (χ0n) is 7.80. The van der Waals surface area contributed by atoms with E-state index in [9.17, 15) is 22.8 Å². The first-order valence-corrected chi connectivity index (χ1v) is 3.85. The molecule has 1 unspecified atom stereocenters. The van der Waals surface area contributed by atoms with E-state index in [1.807, 2.05) is 0 Å². The Balaban J connectivity index is 4.11. The summed E-state index contributed by atoms with van der Waals surface area (Å²) in [6.45, 7) is -1.51. The van der Waals surface area contributed by atoms with Crippen molar-refractivity contribution < 1.29 is 32.6 Å². The molecule has 0 rings (SSSR count). The van der Waals surface area contributed by atoms with E-state index in [-0.39, 0.29) is 0 Å². The monoisotopic (exact) mass is 229 g/mol. The van der Waals surface area contributed by atoms with Gasteiger partial charge in [0.1, 0.15) is 12.6 Å². The van der Waals surface area contributed by atoms with E-state index in [4.69, 9.17) is 5.11 Å². The number of methoxy groups -OCH3 is 1. The Morgan fingerprint density at radius 1 is 1.47 bits per heavy atom. The van der Waals surface area contributed by atoms with Crippen LogP contribution >= 0.6 is 0 Å². The number of hydrogen-bond acceptors (Lipinski definition) is 3. The first-order chi connectivity index (χ1) is 6.76. The Labute approximate surface area is 83.2 Å². The lowest BCUT2D eigenvalue weighted by atomic mass is 10.2. The van der Waals surface area contributed by atoms with Crippen LogP contribution < -0.4 is 5.32 Å². The van der Waals surface area contributed by atoms with Crippen LogP contribution in [0.4, 0.5) is 13.2 Å². The molecule has 0 aromatic rings. The second kappa shape index (κ2) is 5.54. The minimum atomic E-state index is -4.53. The van der Waals surface area contributed by atoms with E-state index in [1.54, 1.807) is 0 Å². The van der Waals surface area contributed by atoms with E-state index in [0.29, 0.717) is 0 Å². The standard InChI is InChI=1S/C7H10F3NO4/c1-15-4(2-5(12)13)6(14)11-3-7(8,9)10/h4H,2-3H2,1H3,(H,11,14)(H,12,13). The molecule has 0 aromatic carbocycles. The minimum Gasteiger partial charge on any atom is -0.481 e. The second-order valence-electron chi connectivity index (χ2n) is 2.66. The van der Waals surface area contributed by atoms with Gasteiger partial charge in [-0.15, -0.1) is 0 Å². The molecule has 5 nitrogen and oxygen atoms in total. The van der Waals surface area contributed by atoms with Crippen molar-refractivity contribution in [2.24, 2.45) is 0 Å². The van der Waals surface area contributed by atoms with Gasteiger partial charge >= 0.3 is 12.1 Å². The van der Waals surface area contributed by atoms with Crippen molar-refractivity contribution in [2.75, 3.05) is 13.7 Å². The van der Waals surface area contributed by atoms with Gasteiger partial charge in [-0.05, 0) is 0 Å². The number of ether oxygens (including phenoxy) is 1. The molecule has 0 aliphatic rings. The molecule has 0 bridgehead atoms. The summed E-state index contributed by atoms with van der Waals surface area (Å²) in [6.07, 6.45) is -6.62. The maximum Gasteiger partial charge on any atom is 0.405 e. The van der Waals surface area contributed by atoms with Crippen LogP contribution in [0.2, 0.25) is 0 Å². The molecule has 0 saturated carbocycles. The summed E-state index contributed by atoms with van der Waals surface area (Å²) in [4.78, 5) is 21.1. The van der Waals surface area contributed by atoms with E-state index in [2.05, 4.69) is 4.74 Å². The highest BCUT2D eigenvalue weighted by molar-refractivity contribution is 5.85. The summed E-state index contributed by atoms with van der Waals surface area (Å²) in [5.41, 5.74) is 0. The molecule has 0 saturated heterocycles. The van der Waals surface area contributed by atoms with Crippen LogP contribution in [-0.4, -0.2) is 42.9 Å². The molecule has 0 spiro atoms. The van der Waals surface area contributed by atoms with Crippen molar-refractivity contribution in [3.8, 4) is 0 Å². The summed E-state index contributed by atoms with van der Waals surface area (Å²) in [5, 5.41) is 9.84. The highest BCUT2D eigenvalue weighted by atomic mass is 19.4. The van der Waals surface area contributed by atoms with Gasteiger partial charge in [-0.1, -0.05) is 0 Å². The summed E-state index contributed by atoms with van der Waals surface area (Å²) >= 11 is 0. The molecule has 0 aromatic heterocycles. The van der Waals surface area contributed by atoms with Crippen molar-refractivity contribution in [3.05, 3.63) is 0 Å². The highest BCUT2D eigenvalue weighted by Crippen LogP contribution is 2.12. The number of halogens is 3. The third kappa shape index (κ3) is 6.72. The van der Waals surface area contributed by atoms with Gasteiger partial charge in [-0.2, -0.15) is 13.2 Å². The first kappa shape index (κ1) is 13.7. The molecule has 2 N–H and O–H groups in total. The number of carboxylic acid groups (broad SMARTS) is 1. The fraction of sp³-hybridized carbons (Fsp3) is 0.714. The lowest BCUT2D eigenvalue weighted by molar-refractivity contribution is -0.149. The largest absolute Gasteiger partial charge is 0.481 e. The van der Waals surface area contributed by atoms with Gasteiger partial charge in [-0.3, -0.25) is 9.59 Å². The summed E-state index contributed by atoms with van der Waals surface area (Å²) < 4.78 is 39.4. The number of carbonyl (C=O) groups excluding carboxylic acids is 1. The Bertz CT molecular complexity index is 241. The smallest absolute Gasteiger partial charge is 0.405 e. The van der Waals surface area contributed by atoms with Gasteiger partial charge in [0.25, 0.3) is 0 Å². The molecular weight excluding hydrogens is 219 g/mol. The van der Waals surface area contributed by atoms with Crippen molar-refractivity contribution in [1.29, 1.82) is 0 Å². The molecule has 0 aliphatic heterocycles. The molecule has 8 heteroatoms. The Morgan fingerprint density at radius 3 is 2.33 bits per heavy atom. The molecule has 0 aliphatic carbocycles. The van der Waals surface area contributed by atoms with Gasteiger partial charge in [0.15, 0.2) is 0 Å². The van der Waals surface area contributed by atoms with Gasteiger partial charge in [-0.25, -0.2) is 0 Å². The lowest BCUT2D eigenvalue weighted by Gasteiger charge is -2.14. The molecule has 0 heterocycles. The molecule has 1 atom stereocenters. The molecule has 15 heavy (non-hydrogen) atoms. The fourth-order valence-corrected chi connectivity index (χ4v) is 0.743. The van der Waals surface area contributed by atoms with Gasteiger partial charge in [0, 0.05) is 7.11 Å². The Kier molecular flexibility index (Phi) is 5.06. The van der Waals surface area contributed by atoms with E-state index < -0.39 is 37.1 Å². The number of nitrogens with one attached hydrogen (secondary N) is 1. The maximum atomic E-state index is 11.7. The number of alkyl halides is 3. The number of hydrogen-bond donors (Lipinski definition) is 2. The summed E-state index contributed by atoms with van der Waals surface area (Å²) in [5.74, 6) is -2.43. The van der Waals surface area contributed by atoms with Crippen LogP contribution in [0.1, 0.15) is 6.42 Å². The normalized spacial score (nSPS) is 13.3. The third-order valence-electron chi connectivity index (χ3n) is 1.40. The average molecular weight is 229 g/mol. The van der Waals surface area contributed by atoms with Gasteiger partial charge in [0.05, 0.1) is 6.42 Å². The lowest BCUT2D eigenvalue weighted by Crippen LogP contribution is -2.41. The van der Waals surface area contributed by atoms with Crippen molar-refractivity contribution in [3.63, 3.8) is 0 Å². The number of amides is 1. The van der Waals surface area contributed by atoms with Crippen LogP contribution in [-0.2, 0) is 14.3 Å². The number of aliphatic carboxylic acids is 1. The number of carboxylic acids is 1. The Hall–Kier alpha value is -1.31. The van der Waals surface area contributed by atoms with Gasteiger partial charge in [0.2, 0.25) is 5.91 Å². The summed E-state index contributed by atoms with van der Waals surface area (Å²) in [6, 6.07) is 0. The predicted octanol–water partition coefficient (Wildman–Crippen LogP) is 0.155. The van der Waals surface area contributed by atoms with Crippen LogP contribution in [0.3, 0.4) is 0 Å². The zero-order valence-corrected chi connectivity index (χ0v) is 7.80. The minimum absolute atomic E-state index is 0.680. The second-order valence-corrected chi connectivity index (χ2v) is 2.66. The zero-order chi connectivity index (χ0) is 12.1. The van der Waals surface area contributed by atoms with E-state index >= 15 is 0 Å². The van der Waals surface area contributed by atoms with Crippen molar-refractivity contribution in [2.45, 2.75) is 18.7 Å². The van der Waals surface area contributed by atoms with E-state index in [1.165, 1.54) is 5.32 Å². The number of carbonyl (C=O) groups is 2. The van der Waals surface area contributed by atoms with Crippen molar-refractivity contribution in [1.82, 2.24) is 5.32 Å². The van der Waals surface area contributed by atoms with Crippen LogP contribution in [0.15, 0.2) is 0 Å². The highest BCUT2D eigenvalue weighted by Gasteiger charge is 2.30. The van der Waals surface area contributed by atoms with Gasteiger partial charge < -0.3 is 15.2 Å². The quantitative estimate of drug-likeness (QED) is 0.703. The van der Waals surface area contributed by atoms with Crippen LogP contribution in [0, 0.1) is 0 Å². The Morgan fingerprint density at radius 2 is 2.00 bits per heavy atom. The maximum absolute atomic E-state index is 11.7. The van der Waals surface area contributed by atoms with E-state index in [0.717, 1.165) is 7.11 Å². The number of rotatable bonds is 5. The molecule has 0 fully saturated rings. The third-order valence-corrected chi connectivity index (χ3v) is 1.40. The van der Waals surface area contributed by atoms with Crippen molar-refractivity contribution >= 4 is 11.9 Å². The van der Waals surface area contributed by atoms with Crippen LogP contribution in [0.5, 0.6) is 0 Å². The molecule has 1 amide bonds. The van der Waals surface area contributed by atoms with Crippen LogP contribution in [0.25, 0.3) is 0 Å². The molecule has 0 radical (unpaired) electrons.